The highest BCUT2D eigenvalue weighted by Gasteiger charge is 2.12. The molecule has 0 bridgehead atoms. The minimum atomic E-state index is -1.16. The number of hydrogen-bond donors (Lipinski definition) is 1. The van der Waals surface area contributed by atoms with Crippen LogP contribution >= 0.6 is 0 Å². The molecular weight excluding hydrogens is 294 g/mol. The molecule has 0 radical (unpaired) electrons. The van der Waals surface area contributed by atoms with Crippen LogP contribution in [0.2, 0.25) is 0 Å². The average Bonchev–Trinajstić information content (AvgIpc) is 2.55. The molecule has 0 spiro atoms. The van der Waals surface area contributed by atoms with E-state index in [2.05, 4.69) is 49.8 Å². The van der Waals surface area contributed by atoms with Crippen LogP contribution in [-0.4, -0.2) is 11.0 Å². The van der Waals surface area contributed by atoms with Crippen molar-refractivity contribution in [2.75, 3.05) is 0 Å². The van der Waals surface area contributed by atoms with Gasteiger partial charge in [-0.15, -0.1) is 0 Å². The summed E-state index contributed by atoms with van der Waals surface area (Å²) < 4.78 is 15.1. The van der Waals surface area contributed by atoms with E-state index in [-0.39, 0.29) is 5.41 Å². The zero-order valence-electron chi connectivity index (χ0n) is 13.3. The van der Waals surface area contributed by atoms with Crippen LogP contribution in [0.4, 0.5) is 0 Å². The van der Waals surface area contributed by atoms with Gasteiger partial charge in [-0.1, -0.05) is 63.2 Å². The van der Waals surface area contributed by atoms with E-state index < -0.39 is 11.0 Å². The van der Waals surface area contributed by atoms with E-state index in [1.165, 1.54) is 5.56 Å². The maximum absolute atomic E-state index is 12.0. The van der Waals surface area contributed by atoms with Gasteiger partial charge in [-0.3, -0.25) is 0 Å². The van der Waals surface area contributed by atoms with Crippen molar-refractivity contribution in [2.45, 2.75) is 37.6 Å². The number of rotatable bonds is 4. The zero-order chi connectivity index (χ0) is 16.6. The highest BCUT2D eigenvalue weighted by Crippen LogP contribution is 2.22. The van der Waals surface area contributed by atoms with Crippen LogP contribution in [0.1, 0.15) is 31.9 Å². The molecule has 2 aromatic rings. The largest absolute Gasteiger partial charge is 0.307 e. The van der Waals surface area contributed by atoms with Crippen LogP contribution in [0, 0.1) is 0 Å². The Morgan fingerprint density at radius 3 is 2.00 bits per heavy atom. The quantitative estimate of drug-likeness (QED) is 0.936. The lowest BCUT2D eigenvalue weighted by Crippen LogP contribution is -2.17. The first-order chi connectivity index (χ1) is 10.5. The van der Waals surface area contributed by atoms with Crippen LogP contribution in [0.25, 0.3) is 0 Å². The first kappa shape index (κ1) is 18.3. The molecule has 4 heteroatoms. The van der Waals surface area contributed by atoms with Crippen molar-refractivity contribution < 1.29 is 9.00 Å². The maximum Gasteiger partial charge on any atom is 0.125 e. The Morgan fingerprint density at radius 1 is 0.955 bits per heavy atom. The lowest BCUT2D eigenvalue weighted by Gasteiger charge is -2.19. The van der Waals surface area contributed by atoms with Gasteiger partial charge >= 0.3 is 0 Å². The molecule has 3 nitrogen and oxygen atoms in total. The molecule has 118 valence electrons. The second-order valence-corrected chi connectivity index (χ2v) is 7.15. The Bertz CT molecular complexity index is 589. The molecule has 1 unspecified atom stereocenters. The molecule has 1 N–H and O–H groups in total. The van der Waals surface area contributed by atoms with E-state index >= 15 is 0 Å². The van der Waals surface area contributed by atoms with Gasteiger partial charge in [0.2, 0.25) is 0 Å². The highest BCUT2D eigenvalue weighted by atomic mass is 32.2. The molecule has 0 fully saturated rings. The van der Waals surface area contributed by atoms with E-state index in [0.717, 1.165) is 10.5 Å². The van der Waals surface area contributed by atoms with Gasteiger partial charge in [0.25, 0.3) is 0 Å². The monoisotopic (exact) mass is 317 g/mol. The van der Waals surface area contributed by atoms with Crippen LogP contribution < -0.4 is 4.72 Å². The van der Waals surface area contributed by atoms with Crippen molar-refractivity contribution in [3.63, 3.8) is 0 Å². The molecule has 0 saturated heterocycles. The van der Waals surface area contributed by atoms with Gasteiger partial charge in [-0.25, -0.2) is 8.93 Å². The second-order valence-electron chi connectivity index (χ2n) is 5.85. The number of carbonyl (C=O) groups excluding carboxylic acids is 1. The Kier molecular flexibility index (Phi) is 7.15. The Balaban J connectivity index is 0.00000116. The summed E-state index contributed by atoms with van der Waals surface area (Å²) in [5.74, 6) is 0. The molecule has 0 saturated carbocycles. The van der Waals surface area contributed by atoms with E-state index in [9.17, 15) is 4.21 Å². The normalized spacial score (nSPS) is 12.1. The molecule has 0 aliphatic carbocycles. The fraction of sp³-hybridized carbons (Fsp3) is 0.278. The fourth-order valence-corrected chi connectivity index (χ4v) is 2.77. The summed E-state index contributed by atoms with van der Waals surface area (Å²) >= 11 is 0. The first-order valence-electron chi connectivity index (χ1n) is 7.05. The predicted molar refractivity (Wildman–Crippen MR) is 92.0 cm³/mol. The minimum Gasteiger partial charge on any atom is -0.307 e. The highest BCUT2D eigenvalue weighted by molar-refractivity contribution is 7.83. The lowest BCUT2D eigenvalue weighted by atomic mass is 9.87. The molecule has 0 aliphatic rings. The molecule has 22 heavy (non-hydrogen) atoms. The van der Waals surface area contributed by atoms with Crippen molar-refractivity contribution >= 4 is 17.8 Å². The van der Waals surface area contributed by atoms with Crippen LogP contribution in [-0.2, 0) is 27.7 Å². The van der Waals surface area contributed by atoms with Crippen molar-refractivity contribution in [1.82, 2.24) is 4.72 Å². The Hall–Kier alpha value is -1.78. The van der Waals surface area contributed by atoms with Gasteiger partial charge in [0, 0.05) is 6.54 Å². The number of hydrogen-bond acceptors (Lipinski definition) is 2. The molecule has 2 aromatic carbocycles. The molecule has 0 aliphatic heterocycles. The Morgan fingerprint density at radius 2 is 1.50 bits per heavy atom. The third-order valence-electron chi connectivity index (χ3n) is 3.18. The number of nitrogens with one attached hydrogen (secondary N) is 1. The van der Waals surface area contributed by atoms with Gasteiger partial charge in [-0.05, 0) is 28.7 Å². The van der Waals surface area contributed by atoms with Gasteiger partial charge < -0.3 is 4.79 Å². The first-order valence-corrected chi connectivity index (χ1v) is 8.20. The van der Waals surface area contributed by atoms with Gasteiger partial charge in [-0.2, -0.15) is 0 Å². The van der Waals surface area contributed by atoms with Crippen LogP contribution in [0.3, 0.4) is 0 Å². The van der Waals surface area contributed by atoms with Crippen LogP contribution in [0.5, 0.6) is 0 Å². The summed E-state index contributed by atoms with van der Waals surface area (Å²) in [5.41, 5.74) is 2.62. The smallest absolute Gasteiger partial charge is 0.125 e. The van der Waals surface area contributed by atoms with Crippen molar-refractivity contribution in [3.05, 3.63) is 65.7 Å². The Labute approximate surface area is 135 Å². The molecule has 0 heterocycles. The summed E-state index contributed by atoms with van der Waals surface area (Å²) in [5, 5.41) is 0. The third-order valence-corrected chi connectivity index (χ3v) is 4.29. The van der Waals surface area contributed by atoms with Crippen molar-refractivity contribution in [3.8, 4) is 0 Å². The van der Waals surface area contributed by atoms with E-state index in [1.807, 2.05) is 37.1 Å². The molecular formula is C18H23NO2S. The van der Waals surface area contributed by atoms with Gasteiger partial charge in [0.1, 0.15) is 17.8 Å². The predicted octanol–water partition coefficient (Wildman–Crippen LogP) is 3.61. The number of benzene rings is 2. The molecule has 0 amide bonds. The standard InChI is InChI=1S/C17H21NOS.CH2O/c1-17(2,3)15-11-9-14(10-12-15)13-18-20(19)16-7-5-4-6-8-16;1-2/h4-12,18H,13H2,1-3H3;1H2. The number of carbonyl (C=O) groups is 1. The lowest BCUT2D eigenvalue weighted by molar-refractivity contribution is -0.0979. The SMILES string of the molecule is C=O.CC(C)(C)c1ccc(CNS(=O)c2ccccc2)cc1. The summed E-state index contributed by atoms with van der Waals surface area (Å²) in [7, 11) is -1.16. The van der Waals surface area contributed by atoms with E-state index in [4.69, 9.17) is 4.79 Å². The van der Waals surface area contributed by atoms with Crippen LogP contribution in [0.15, 0.2) is 59.5 Å². The van der Waals surface area contributed by atoms with E-state index in [1.54, 1.807) is 0 Å². The van der Waals surface area contributed by atoms with Gasteiger partial charge in [0.05, 0.1) is 4.90 Å². The summed E-state index contributed by atoms with van der Waals surface area (Å²) in [6.07, 6.45) is 0. The zero-order valence-corrected chi connectivity index (χ0v) is 14.2. The summed E-state index contributed by atoms with van der Waals surface area (Å²) in [4.78, 5) is 8.80. The molecule has 2 rings (SSSR count). The van der Waals surface area contributed by atoms with Crippen molar-refractivity contribution in [1.29, 1.82) is 0 Å². The second kappa shape index (κ2) is 8.61. The summed E-state index contributed by atoms with van der Waals surface area (Å²) in [6, 6.07) is 17.9. The third kappa shape index (κ3) is 5.54. The minimum absolute atomic E-state index is 0.165. The fourth-order valence-electron chi connectivity index (χ4n) is 1.90. The molecule has 0 aromatic heterocycles. The van der Waals surface area contributed by atoms with Gasteiger partial charge in [0.15, 0.2) is 0 Å². The summed E-state index contributed by atoms with van der Waals surface area (Å²) in [6.45, 7) is 9.20. The van der Waals surface area contributed by atoms with E-state index in [0.29, 0.717) is 6.54 Å². The molecule has 1 atom stereocenters. The van der Waals surface area contributed by atoms with Crippen molar-refractivity contribution in [2.24, 2.45) is 0 Å². The topological polar surface area (TPSA) is 46.2 Å². The maximum atomic E-state index is 12.0. The average molecular weight is 317 g/mol.